The Morgan fingerprint density at radius 2 is 1.95 bits per heavy atom. The molecule has 3 aromatic rings. The van der Waals surface area contributed by atoms with E-state index in [1.807, 2.05) is 37.3 Å². The molecule has 4 heteroatoms. The highest BCUT2D eigenvalue weighted by molar-refractivity contribution is 9.10. The molecule has 0 radical (unpaired) electrons. The van der Waals surface area contributed by atoms with Gasteiger partial charge in [-0.2, -0.15) is 0 Å². The molecule has 102 valence electrons. The van der Waals surface area contributed by atoms with E-state index in [0.717, 1.165) is 21.0 Å². The molecule has 2 nitrogen and oxygen atoms in total. The summed E-state index contributed by atoms with van der Waals surface area (Å²) in [5, 5.41) is 12.0. The monoisotopic (exact) mass is 350 g/mol. The summed E-state index contributed by atoms with van der Waals surface area (Å²) in [6.45, 7) is 1.99. The standard InChI is InChI=1S/C16H12BrClO2/c1-9-2-4-13(17)12(6-9)16(19)15-8-10-7-11(18)3-5-14(10)20-15/h2-8,16,19H,1H3. The molecule has 3 rings (SSSR count). The van der Waals surface area contributed by atoms with Crippen LogP contribution in [0.5, 0.6) is 0 Å². The molecule has 0 aliphatic carbocycles. The molecule has 0 spiro atoms. The average molecular weight is 352 g/mol. The van der Waals surface area contributed by atoms with Crippen LogP contribution in [0.4, 0.5) is 0 Å². The minimum atomic E-state index is -0.810. The van der Waals surface area contributed by atoms with Crippen molar-refractivity contribution in [3.8, 4) is 0 Å². The molecule has 0 aliphatic heterocycles. The molecule has 0 saturated heterocycles. The SMILES string of the molecule is Cc1ccc(Br)c(C(O)c2cc3cc(Cl)ccc3o2)c1. The van der Waals surface area contributed by atoms with Crippen LogP contribution in [0.3, 0.4) is 0 Å². The molecule has 1 N–H and O–H groups in total. The Labute approximate surface area is 130 Å². The first kappa shape index (κ1) is 13.7. The van der Waals surface area contributed by atoms with Gasteiger partial charge in [0.25, 0.3) is 0 Å². The van der Waals surface area contributed by atoms with Crippen LogP contribution in [0.25, 0.3) is 11.0 Å². The number of rotatable bonds is 2. The maximum absolute atomic E-state index is 10.5. The van der Waals surface area contributed by atoms with Crippen molar-refractivity contribution < 1.29 is 9.52 Å². The maximum Gasteiger partial charge on any atom is 0.138 e. The van der Waals surface area contributed by atoms with E-state index < -0.39 is 6.10 Å². The molecule has 1 aromatic heterocycles. The fourth-order valence-electron chi connectivity index (χ4n) is 2.20. The lowest BCUT2D eigenvalue weighted by atomic mass is 10.0. The van der Waals surface area contributed by atoms with Gasteiger partial charge in [0.05, 0.1) is 0 Å². The Hall–Kier alpha value is -1.29. The summed E-state index contributed by atoms with van der Waals surface area (Å²) in [5.41, 5.74) is 2.59. The van der Waals surface area contributed by atoms with E-state index in [4.69, 9.17) is 16.0 Å². The highest BCUT2D eigenvalue weighted by atomic mass is 79.9. The second-order valence-corrected chi connectivity index (χ2v) is 6.05. The van der Waals surface area contributed by atoms with Crippen LogP contribution in [0, 0.1) is 6.92 Å². The molecular formula is C16H12BrClO2. The van der Waals surface area contributed by atoms with Gasteiger partial charge in [-0.3, -0.25) is 0 Å². The molecule has 1 unspecified atom stereocenters. The number of aryl methyl sites for hydroxylation is 1. The molecule has 0 amide bonds. The van der Waals surface area contributed by atoms with Crippen molar-refractivity contribution in [2.75, 3.05) is 0 Å². The second kappa shape index (κ2) is 5.24. The Morgan fingerprint density at radius 1 is 1.15 bits per heavy atom. The Balaban J connectivity index is 2.07. The van der Waals surface area contributed by atoms with Crippen LogP contribution >= 0.6 is 27.5 Å². The van der Waals surface area contributed by atoms with Crippen molar-refractivity contribution in [1.29, 1.82) is 0 Å². The predicted molar refractivity (Wildman–Crippen MR) is 84.2 cm³/mol. The van der Waals surface area contributed by atoms with Gasteiger partial charge in [0, 0.05) is 20.4 Å². The van der Waals surface area contributed by atoms with Crippen molar-refractivity contribution in [1.82, 2.24) is 0 Å². The van der Waals surface area contributed by atoms with Gasteiger partial charge in [0.1, 0.15) is 17.4 Å². The van der Waals surface area contributed by atoms with E-state index in [1.54, 1.807) is 12.1 Å². The van der Waals surface area contributed by atoms with Crippen LogP contribution in [-0.4, -0.2) is 5.11 Å². The summed E-state index contributed by atoms with van der Waals surface area (Å²) < 4.78 is 6.56. The molecule has 0 fully saturated rings. The van der Waals surface area contributed by atoms with Gasteiger partial charge in [0.15, 0.2) is 0 Å². The lowest BCUT2D eigenvalue weighted by Gasteiger charge is -2.11. The zero-order valence-corrected chi connectivity index (χ0v) is 13.1. The fraction of sp³-hybridized carbons (Fsp3) is 0.125. The van der Waals surface area contributed by atoms with E-state index >= 15 is 0 Å². The molecule has 1 atom stereocenters. The van der Waals surface area contributed by atoms with E-state index in [9.17, 15) is 5.11 Å². The van der Waals surface area contributed by atoms with E-state index in [2.05, 4.69) is 15.9 Å². The first-order valence-electron chi connectivity index (χ1n) is 6.18. The first-order valence-corrected chi connectivity index (χ1v) is 7.35. The third kappa shape index (κ3) is 2.49. The fourth-order valence-corrected chi connectivity index (χ4v) is 2.84. The Kier molecular flexibility index (Phi) is 3.59. The minimum Gasteiger partial charge on any atom is -0.458 e. The third-order valence-electron chi connectivity index (χ3n) is 3.21. The number of furan rings is 1. The van der Waals surface area contributed by atoms with Crippen molar-refractivity contribution in [2.45, 2.75) is 13.0 Å². The van der Waals surface area contributed by atoms with Crippen LogP contribution < -0.4 is 0 Å². The molecular weight excluding hydrogens is 340 g/mol. The summed E-state index contributed by atoms with van der Waals surface area (Å²) in [5.74, 6) is 0.508. The Bertz CT molecular complexity index is 779. The molecule has 0 bridgehead atoms. The summed E-state index contributed by atoms with van der Waals surface area (Å²) >= 11 is 9.42. The highest BCUT2D eigenvalue weighted by Crippen LogP contribution is 2.33. The van der Waals surface area contributed by atoms with Crippen molar-refractivity contribution >= 4 is 38.5 Å². The summed E-state index contributed by atoms with van der Waals surface area (Å²) in [4.78, 5) is 0. The van der Waals surface area contributed by atoms with E-state index in [-0.39, 0.29) is 0 Å². The summed E-state index contributed by atoms with van der Waals surface area (Å²) in [6, 6.07) is 13.1. The zero-order valence-electron chi connectivity index (χ0n) is 10.7. The number of aliphatic hydroxyl groups is 1. The number of fused-ring (bicyclic) bond motifs is 1. The first-order chi connectivity index (χ1) is 9.54. The number of aliphatic hydroxyl groups excluding tert-OH is 1. The van der Waals surface area contributed by atoms with Crippen LogP contribution in [0.15, 0.2) is 51.4 Å². The van der Waals surface area contributed by atoms with Crippen LogP contribution in [0.1, 0.15) is 23.0 Å². The van der Waals surface area contributed by atoms with Gasteiger partial charge in [-0.25, -0.2) is 0 Å². The van der Waals surface area contributed by atoms with Crippen molar-refractivity contribution in [3.63, 3.8) is 0 Å². The molecule has 20 heavy (non-hydrogen) atoms. The Morgan fingerprint density at radius 3 is 2.75 bits per heavy atom. The highest BCUT2D eigenvalue weighted by Gasteiger charge is 2.18. The van der Waals surface area contributed by atoms with Crippen LogP contribution in [0.2, 0.25) is 5.02 Å². The number of hydrogen-bond acceptors (Lipinski definition) is 2. The van der Waals surface area contributed by atoms with E-state index in [0.29, 0.717) is 16.4 Å². The predicted octanol–water partition coefficient (Wildman–Crippen LogP) is 5.24. The quantitative estimate of drug-likeness (QED) is 0.685. The van der Waals surface area contributed by atoms with Crippen molar-refractivity contribution in [3.05, 3.63) is 68.8 Å². The smallest absolute Gasteiger partial charge is 0.138 e. The normalized spacial score (nSPS) is 12.8. The van der Waals surface area contributed by atoms with E-state index in [1.165, 1.54) is 0 Å². The largest absolute Gasteiger partial charge is 0.458 e. The van der Waals surface area contributed by atoms with Gasteiger partial charge in [0.2, 0.25) is 0 Å². The summed E-state index contributed by atoms with van der Waals surface area (Å²) in [6.07, 6.45) is -0.810. The molecule has 2 aromatic carbocycles. The van der Waals surface area contributed by atoms with Gasteiger partial charge in [-0.05, 0) is 37.3 Å². The topological polar surface area (TPSA) is 33.4 Å². The number of hydrogen-bond donors (Lipinski definition) is 1. The van der Waals surface area contributed by atoms with Gasteiger partial charge >= 0.3 is 0 Å². The van der Waals surface area contributed by atoms with Gasteiger partial charge < -0.3 is 9.52 Å². The number of halogens is 2. The van der Waals surface area contributed by atoms with Gasteiger partial charge in [-0.15, -0.1) is 0 Å². The zero-order chi connectivity index (χ0) is 14.3. The minimum absolute atomic E-state index is 0.508. The molecule has 0 aliphatic rings. The lowest BCUT2D eigenvalue weighted by molar-refractivity contribution is 0.191. The number of benzene rings is 2. The van der Waals surface area contributed by atoms with Crippen molar-refractivity contribution in [2.24, 2.45) is 0 Å². The molecule has 0 saturated carbocycles. The van der Waals surface area contributed by atoms with Gasteiger partial charge in [-0.1, -0.05) is 45.2 Å². The molecule has 1 heterocycles. The summed E-state index contributed by atoms with van der Waals surface area (Å²) in [7, 11) is 0. The van der Waals surface area contributed by atoms with Crippen LogP contribution in [-0.2, 0) is 0 Å². The average Bonchev–Trinajstić information content (AvgIpc) is 2.83. The third-order valence-corrected chi connectivity index (χ3v) is 4.17. The second-order valence-electron chi connectivity index (χ2n) is 4.76. The maximum atomic E-state index is 10.5. The lowest BCUT2D eigenvalue weighted by Crippen LogP contribution is -1.99.